The zero-order chi connectivity index (χ0) is 11.6. The van der Waals surface area contributed by atoms with Crippen molar-refractivity contribution in [3.63, 3.8) is 0 Å². The molecule has 1 aliphatic heterocycles. The molecule has 0 aromatic heterocycles. The predicted octanol–water partition coefficient (Wildman–Crippen LogP) is 3.03. The van der Waals surface area contributed by atoms with Crippen LogP contribution in [0, 0.1) is 5.41 Å². The normalized spacial score (nSPS) is 25.9. The summed E-state index contributed by atoms with van der Waals surface area (Å²) in [6.45, 7) is 13.6. The Morgan fingerprint density at radius 2 is 1.71 bits per heavy atom. The molecule has 14 heavy (non-hydrogen) atoms. The molecule has 1 saturated heterocycles. The van der Waals surface area contributed by atoms with Gasteiger partial charge in [-0.1, -0.05) is 34.6 Å². The van der Waals surface area contributed by atoms with Crippen LogP contribution in [0.5, 0.6) is 0 Å². The van der Waals surface area contributed by atoms with Crippen molar-refractivity contribution in [3.05, 3.63) is 0 Å². The van der Waals surface area contributed by atoms with Crippen molar-refractivity contribution < 1.29 is 4.74 Å². The second-order valence-corrected chi connectivity index (χ2v) is 3.73. The Hall–Kier alpha value is -0.0800. The molecule has 0 spiro atoms. The minimum Gasteiger partial charge on any atom is -0.384 e. The third kappa shape index (κ3) is 6.39. The van der Waals surface area contributed by atoms with Crippen LogP contribution < -0.4 is 0 Å². The highest BCUT2D eigenvalue weighted by molar-refractivity contribution is 4.84. The number of hydrogen-bond donors (Lipinski definition) is 0. The molecule has 0 aromatic rings. The molecular weight excluding hydrogens is 174 g/mol. The van der Waals surface area contributed by atoms with Crippen LogP contribution in [0.3, 0.4) is 0 Å². The SMILES string of the molecule is CC.CC.COCC1(C)CCN(C)C1. The molecule has 1 heterocycles. The molecule has 1 rings (SSSR count). The molecule has 0 bridgehead atoms. The van der Waals surface area contributed by atoms with Gasteiger partial charge in [-0.05, 0) is 20.0 Å². The van der Waals surface area contributed by atoms with Crippen molar-refractivity contribution in [2.75, 3.05) is 33.9 Å². The lowest BCUT2D eigenvalue weighted by atomic mass is 9.91. The molecule has 0 amide bonds. The van der Waals surface area contributed by atoms with Gasteiger partial charge in [0.1, 0.15) is 0 Å². The number of likely N-dealkylation sites (tertiary alicyclic amines) is 1. The van der Waals surface area contributed by atoms with Gasteiger partial charge in [-0.3, -0.25) is 0 Å². The summed E-state index contributed by atoms with van der Waals surface area (Å²) in [6, 6.07) is 0. The molecule has 0 N–H and O–H groups in total. The molecule has 2 heteroatoms. The van der Waals surface area contributed by atoms with Crippen LogP contribution in [0.4, 0.5) is 0 Å². The minimum absolute atomic E-state index is 0.420. The Labute approximate surface area is 90.6 Å². The summed E-state index contributed by atoms with van der Waals surface area (Å²) in [4.78, 5) is 2.36. The fourth-order valence-corrected chi connectivity index (χ4v) is 1.74. The van der Waals surface area contributed by atoms with E-state index in [-0.39, 0.29) is 0 Å². The largest absolute Gasteiger partial charge is 0.384 e. The third-order valence-corrected chi connectivity index (χ3v) is 2.24. The van der Waals surface area contributed by atoms with Crippen molar-refractivity contribution in [2.45, 2.75) is 41.0 Å². The van der Waals surface area contributed by atoms with E-state index in [4.69, 9.17) is 4.74 Å². The molecule has 0 aliphatic carbocycles. The van der Waals surface area contributed by atoms with Gasteiger partial charge in [-0.25, -0.2) is 0 Å². The molecule has 88 valence electrons. The highest BCUT2D eigenvalue weighted by Gasteiger charge is 2.31. The first-order chi connectivity index (χ1) is 6.66. The molecule has 1 atom stereocenters. The first-order valence-corrected chi connectivity index (χ1v) is 5.84. The van der Waals surface area contributed by atoms with E-state index < -0.39 is 0 Å². The predicted molar refractivity (Wildman–Crippen MR) is 64.8 cm³/mol. The number of hydrogen-bond acceptors (Lipinski definition) is 2. The Morgan fingerprint density at radius 3 is 2.00 bits per heavy atom. The lowest BCUT2D eigenvalue weighted by Crippen LogP contribution is -2.26. The first kappa shape index (κ1) is 16.4. The van der Waals surface area contributed by atoms with E-state index >= 15 is 0 Å². The summed E-state index contributed by atoms with van der Waals surface area (Å²) in [5.41, 5.74) is 0.420. The number of ether oxygens (including phenoxy) is 1. The fraction of sp³-hybridized carbons (Fsp3) is 1.00. The van der Waals surface area contributed by atoms with E-state index in [1.807, 2.05) is 27.7 Å². The molecule has 0 aromatic carbocycles. The van der Waals surface area contributed by atoms with Gasteiger partial charge >= 0.3 is 0 Å². The van der Waals surface area contributed by atoms with Gasteiger partial charge in [0.05, 0.1) is 6.61 Å². The van der Waals surface area contributed by atoms with Crippen molar-refractivity contribution >= 4 is 0 Å². The topological polar surface area (TPSA) is 12.5 Å². The van der Waals surface area contributed by atoms with Crippen molar-refractivity contribution in [1.82, 2.24) is 4.90 Å². The molecule has 1 unspecified atom stereocenters. The lowest BCUT2D eigenvalue weighted by molar-refractivity contribution is 0.0985. The summed E-state index contributed by atoms with van der Waals surface area (Å²) < 4.78 is 5.15. The van der Waals surface area contributed by atoms with Gasteiger partial charge in [0.25, 0.3) is 0 Å². The number of methoxy groups -OCH3 is 1. The Kier molecular flexibility index (Phi) is 11.1. The van der Waals surface area contributed by atoms with Crippen molar-refractivity contribution in [1.29, 1.82) is 0 Å². The van der Waals surface area contributed by atoms with Gasteiger partial charge in [0, 0.05) is 19.1 Å². The standard InChI is InChI=1S/C8H17NO.2C2H6/c1-8(7-10-3)4-5-9(2)6-8;2*1-2/h4-7H2,1-3H3;2*1-2H3. The maximum Gasteiger partial charge on any atom is 0.0528 e. The van der Waals surface area contributed by atoms with E-state index in [9.17, 15) is 0 Å². The second kappa shape index (κ2) is 9.47. The molecule has 2 nitrogen and oxygen atoms in total. The van der Waals surface area contributed by atoms with Gasteiger partial charge < -0.3 is 9.64 Å². The van der Waals surface area contributed by atoms with E-state index in [1.54, 1.807) is 7.11 Å². The van der Waals surface area contributed by atoms with E-state index in [0.29, 0.717) is 5.41 Å². The average molecular weight is 203 g/mol. The van der Waals surface area contributed by atoms with Gasteiger partial charge in [-0.2, -0.15) is 0 Å². The number of rotatable bonds is 2. The third-order valence-electron chi connectivity index (χ3n) is 2.24. The van der Waals surface area contributed by atoms with E-state index in [2.05, 4.69) is 18.9 Å². The summed E-state index contributed by atoms with van der Waals surface area (Å²) >= 11 is 0. The van der Waals surface area contributed by atoms with Crippen LogP contribution in [-0.2, 0) is 4.74 Å². The Bertz CT molecular complexity index is 113. The van der Waals surface area contributed by atoms with Gasteiger partial charge in [0.15, 0.2) is 0 Å². The highest BCUT2D eigenvalue weighted by atomic mass is 16.5. The van der Waals surface area contributed by atoms with Crippen LogP contribution in [0.2, 0.25) is 0 Å². The van der Waals surface area contributed by atoms with Crippen LogP contribution in [0.25, 0.3) is 0 Å². The molecule has 1 fully saturated rings. The van der Waals surface area contributed by atoms with Crippen LogP contribution in [0.1, 0.15) is 41.0 Å². The van der Waals surface area contributed by atoms with Crippen LogP contribution in [-0.4, -0.2) is 38.8 Å². The number of nitrogens with zero attached hydrogens (tertiary/aromatic N) is 1. The van der Waals surface area contributed by atoms with Crippen LogP contribution >= 0.6 is 0 Å². The van der Waals surface area contributed by atoms with E-state index in [0.717, 1.165) is 6.61 Å². The van der Waals surface area contributed by atoms with Crippen molar-refractivity contribution in [2.24, 2.45) is 5.41 Å². The van der Waals surface area contributed by atoms with E-state index in [1.165, 1.54) is 19.5 Å². The minimum atomic E-state index is 0.420. The maximum absolute atomic E-state index is 5.15. The molecule has 1 aliphatic rings. The second-order valence-electron chi connectivity index (χ2n) is 3.73. The fourth-order valence-electron chi connectivity index (χ4n) is 1.74. The zero-order valence-electron chi connectivity index (χ0n) is 11.2. The quantitative estimate of drug-likeness (QED) is 0.684. The summed E-state index contributed by atoms with van der Waals surface area (Å²) in [6.07, 6.45) is 1.28. The van der Waals surface area contributed by atoms with Gasteiger partial charge in [-0.15, -0.1) is 0 Å². The molecular formula is C12H29NO. The van der Waals surface area contributed by atoms with Gasteiger partial charge in [0.2, 0.25) is 0 Å². The average Bonchev–Trinajstić information content (AvgIpc) is 2.53. The summed E-state index contributed by atoms with van der Waals surface area (Å²) in [5, 5.41) is 0. The monoisotopic (exact) mass is 203 g/mol. The molecule has 0 saturated carbocycles. The Balaban J connectivity index is 0. The first-order valence-electron chi connectivity index (χ1n) is 5.84. The maximum atomic E-state index is 5.15. The Morgan fingerprint density at radius 1 is 1.21 bits per heavy atom. The zero-order valence-corrected chi connectivity index (χ0v) is 11.2. The smallest absolute Gasteiger partial charge is 0.0528 e. The highest BCUT2D eigenvalue weighted by Crippen LogP contribution is 2.28. The van der Waals surface area contributed by atoms with Crippen molar-refractivity contribution in [3.8, 4) is 0 Å². The van der Waals surface area contributed by atoms with Crippen LogP contribution in [0.15, 0.2) is 0 Å². The molecule has 0 radical (unpaired) electrons. The summed E-state index contributed by atoms with van der Waals surface area (Å²) in [7, 11) is 3.95. The summed E-state index contributed by atoms with van der Waals surface area (Å²) in [5.74, 6) is 0. The lowest BCUT2D eigenvalue weighted by Gasteiger charge is -2.21.